The fourth-order valence-corrected chi connectivity index (χ4v) is 3.28. The maximum absolute atomic E-state index is 6.12. The Balaban J connectivity index is 2.00. The second-order valence-corrected chi connectivity index (χ2v) is 8.51. The second kappa shape index (κ2) is 14.0. The van der Waals surface area contributed by atoms with Crippen molar-refractivity contribution in [2.24, 2.45) is 11.8 Å². The van der Waals surface area contributed by atoms with E-state index in [2.05, 4.69) is 27.7 Å². The quantitative estimate of drug-likeness (QED) is 0.749. The van der Waals surface area contributed by atoms with Crippen molar-refractivity contribution >= 4 is 0 Å². The van der Waals surface area contributed by atoms with Crippen molar-refractivity contribution in [3.05, 3.63) is 29.6 Å². The summed E-state index contributed by atoms with van der Waals surface area (Å²) in [6.45, 7) is 13.1. The zero-order valence-electron chi connectivity index (χ0n) is 18.6. The monoisotopic (exact) mass is 409 g/mol. The van der Waals surface area contributed by atoms with Crippen LogP contribution in [-0.4, -0.2) is 56.8 Å². The first kappa shape index (κ1) is 24.2. The van der Waals surface area contributed by atoms with Crippen molar-refractivity contribution in [1.29, 1.82) is 0 Å². The van der Waals surface area contributed by atoms with Crippen molar-refractivity contribution in [3.8, 4) is 0 Å². The molecule has 29 heavy (non-hydrogen) atoms. The second-order valence-electron chi connectivity index (χ2n) is 8.51. The number of aromatic nitrogens is 1. The molecular weight excluding hydrogens is 370 g/mol. The summed E-state index contributed by atoms with van der Waals surface area (Å²) in [6, 6.07) is 6.01. The largest absolute Gasteiger partial charge is 0.377 e. The lowest BCUT2D eigenvalue weighted by molar-refractivity contribution is -0.0612. The Morgan fingerprint density at radius 3 is 1.66 bits per heavy atom. The van der Waals surface area contributed by atoms with E-state index in [1.54, 1.807) is 0 Å². The maximum Gasteiger partial charge on any atom is 0.0892 e. The van der Waals surface area contributed by atoms with Crippen molar-refractivity contribution in [2.45, 2.75) is 66.0 Å². The van der Waals surface area contributed by atoms with Crippen LogP contribution in [0.4, 0.5) is 0 Å². The molecule has 0 saturated heterocycles. The van der Waals surface area contributed by atoms with Crippen LogP contribution in [0.5, 0.6) is 0 Å². The summed E-state index contributed by atoms with van der Waals surface area (Å²) in [7, 11) is 0. The number of ether oxygens (including phenoxy) is 5. The number of hydrogen-bond acceptors (Lipinski definition) is 6. The van der Waals surface area contributed by atoms with E-state index in [1.807, 2.05) is 18.2 Å². The Morgan fingerprint density at radius 1 is 0.759 bits per heavy atom. The molecule has 1 aliphatic heterocycles. The lowest BCUT2D eigenvalue weighted by Crippen LogP contribution is -2.25. The average Bonchev–Trinajstić information content (AvgIpc) is 2.67. The molecule has 6 nitrogen and oxygen atoms in total. The van der Waals surface area contributed by atoms with Gasteiger partial charge in [0.2, 0.25) is 0 Å². The van der Waals surface area contributed by atoms with Gasteiger partial charge < -0.3 is 23.7 Å². The van der Waals surface area contributed by atoms with E-state index in [0.29, 0.717) is 64.7 Å². The summed E-state index contributed by atoms with van der Waals surface area (Å²) >= 11 is 0. The first-order valence-corrected chi connectivity index (χ1v) is 10.9. The first-order chi connectivity index (χ1) is 14.0. The summed E-state index contributed by atoms with van der Waals surface area (Å²) in [6.07, 6.45) is 2.01. The molecule has 1 aromatic heterocycles. The summed E-state index contributed by atoms with van der Waals surface area (Å²) in [5.41, 5.74) is 1.84. The van der Waals surface area contributed by atoms with Crippen LogP contribution in [-0.2, 0) is 36.9 Å². The van der Waals surface area contributed by atoms with Crippen LogP contribution in [0.25, 0.3) is 0 Å². The van der Waals surface area contributed by atoms with Crippen molar-refractivity contribution in [1.82, 2.24) is 4.98 Å². The van der Waals surface area contributed by atoms with E-state index in [4.69, 9.17) is 28.7 Å². The van der Waals surface area contributed by atoms with E-state index in [0.717, 1.165) is 24.2 Å². The molecule has 2 atom stereocenters. The Bertz CT molecular complexity index is 509. The fourth-order valence-electron chi connectivity index (χ4n) is 3.28. The fraction of sp³-hybridized carbons (Fsp3) is 0.783. The van der Waals surface area contributed by atoms with Crippen molar-refractivity contribution < 1.29 is 23.7 Å². The van der Waals surface area contributed by atoms with Crippen LogP contribution >= 0.6 is 0 Å². The molecule has 0 N–H and O–H groups in total. The van der Waals surface area contributed by atoms with Crippen LogP contribution in [0.2, 0.25) is 0 Å². The highest BCUT2D eigenvalue weighted by Crippen LogP contribution is 2.14. The molecule has 6 heteroatoms. The lowest BCUT2D eigenvalue weighted by atomic mass is 10.1. The SMILES string of the molecule is CC(C)C[C@@H]1COCCOCCOC[C@@H](CC(C)C)OCc2cccc(n2)CO1. The van der Waals surface area contributed by atoms with E-state index >= 15 is 0 Å². The van der Waals surface area contributed by atoms with Crippen LogP contribution in [0.3, 0.4) is 0 Å². The maximum atomic E-state index is 6.12. The summed E-state index contributed by atoms with van der Waals surface area (Å²) in [4.78, 5) is 4.71. The van der Waals surface area contributed by atoms with E-state index < -0.39 is 0 Å². The lowest BCUT2D eigenvalue weighted by Gasteiger charge is -2.21. The van der Waals surface area contributed by atoms with Gasteiger partial charge in [-0.15, -0.1) is 0 Å². The number of hydrogen-bond donors (Lipinski definition) is 0. The minimum Gasteiger partial charge on any atom is -0.377 e. The summed E-state index contributed by atoms with van der Waals surface area (Å²) in [5, 5.41) is 0. The van der Waals surface area contributed by atoms with Gasteiger partial charge in [0.05, 0.1) is 76.5 Å². The predicted octanol–water partition coefficient (Wildman–Crippen LogP) is 4.01. The molecule has 0 fully saturated rings. The van der Waals surface area contributed by atoms with Crippen LogP contribution in [0.1, 0.15) is 51.9 Å². The van der Waals surface area contributed by atoms with E-state index in [9.17, 15) is 0 Å². The third-order valence-electron chi connectivity index (χ3n) is 4.62. The standard InChI is InChI=1S/C23H39NO5/c1-18(2)12-22-16-26-10-8-25-9-11-27-17-23(13-19(3)4)29-15-21-7-5-6-20(24-21)14-28-22/h5-7,18-19,22-23H,8-17H2,1-4H3/t22-,23-/m1/s1. The third-order valence-corrected chi connectivity index (χ3v) is 4.62. The van der Waals surface area contributed by atoms with Gasteiger partial charge in [-0.05, 0) is 36.8 Å². The zero-order chi connectivity index (χ0) is 20.9. The smallest absolute Gasteiger partial charge is 0.0892 e. The van der Waals surface area contributed by atoms with Gasteiger partial charge in [0.25, 0.3) is 0 Å². The molecule has 1 aliphatic rings. The van der Waals surface area contributed by atoms with Gasteiger partial charge in [0.15, 0.2) is 0 Å². The minimum atomic E-state index is 0.0503. The van der Waals surface area contributed by atoms with Gasteiger partial charge in [0.1, 0.15) is 0 Å². The van der Waals surface area contributed by atoms with Crippen molar-refractivity contribution in [2.75, 3.05) is 39.6 Å². The topological polar surface area (TPSA) is 59.0 Å². The molecular formula is C23H39NO5. The average molecular weight is 410 g/mol. The van der Waals surface area contributed by atoms with Crippen LogP contribution in [0.15, 0.2) is 18.2 Å². The molecule has 0 radical (unpaired) electrons. The van der Waals surface area contributed by atoms with Gasteiger partial charge in [-0.2, -0.15) is 0 Å². The number of fused-ring (bicyclic) bond motifs is 2. The highest BCUT2D eigenvalue weighted by atomic mass is 16.6. The van der Waals surface area contributed by atoms with Gasteiger partial charge in [-0.1, -0.05) is 33.8 Å². The van der Waals surface area contributed by atoms with Gasteiger partial charge >= 0.3 is 0 Å². The van der Waals surface area contributed by atoms with Crippen molar-refractivity contribution in [3.63, 3.8) is 0 Å². The Morgan fingerprint density at radius 2 is 1.21 bits per heavy atom. The third kappa shape index (κ3) is 11.1. The molecule has 0 aliphatic carbocycles. The van der Waals surface area contributed by atoms with E-state index in [-0.39, 0.29) is 12.2 Å². The Labute approximate surface area is 176 Å². The van der Waals surface area contributed by atoms with Gasteiger partial charge in [-0.3, -0.25) is 4.98 Å². The molecule has 0 unspecified atom stereocenters. The molecule has 2 heterocycles. The summed E-state index contributed by atoms with van der Waals surface area (Å²) < 4.78 is 29.4. The van der Waals surface area contributed by atoms with E-state index in [1.165, 1.54) is 0 Å². The van der Waals surface area contributed by atoms with Crippen LogP contribution in [0, 0.1) is 11.8 Å². The van der Waals surface area contributed by atoms with Gasteiger partial charge in [-0.25, -0.2) is 0 Å². The summed E-state index contributed by atoms with van der Waals surface area (Å²) in [5.74, 6) is 1.08. The molecule has 2 rings (SSSR count). The van der Waals surface area contributed by atoms with Crippen LogP contribution < -0.4 is 0 Å². The van der Waals surface area contributed by atoms with Gasteiger partial charge in [0, 0.05) is 0 Å². The molecule has 166 valence electrons. The number of nitrogens with zero attached hydrogens (tertiary/aromatic N) is 1. The first-order valence-electron chi connectivity index (χ1n) is 10.9. The molecule has 0 spiro atoms. The molecule has 0 aromatic carbocycles. The highest BCUT2D eigenvalue weighted by Gasteiger charge is 2.15. The highest BCUT2D eigenvalue weighted by molar-refractivity contribution is 5.10. The predicted molar refractivity (Wildman–Crippen MR) is 113 cm³/mol. The number of rotatable bonds is 4. The minimum absolute atomic E-state index is 0.0503. The Hall–Kier alpha value is -1.05. The number of pyridine rings is 1. The molecule has 2 bridgehead atoms. The molecule has 1 aromatic rings. The normalized spacial score (nSPS) is 23.7. The molecule has 0 amide bonds. The molecule has 0 saturated carbocycles. The zero-order valence-corrected chi connectivity index (χ0v) is 18.6. The Kier molecular flexibility index (Phi) is 11.7.